The third-order valence-corrected chi connectivity index (χ3v) is 3.34. The summed E-state index contributed by atoms with van der Waals surface area (Å²) in [4.78, 5) is 2.32. The molecule has 0 amide bonds. The zero-order valence-corrected chi connectivity index (χ0v) is 11.5. The number of benzene rings is 2. The SMILES string of the molecule is CNCCCN(C)c1ccc2cc(C)ccc2c1. The summed E-state index contributed by atoms with van der Waals surface area (Å²) in [5, 5.41) is 5.82. The van der Waals surface area contributed by atoms with Crippen LogP contribution in [0.5, 0.6) is 0 Å². The molecule has 0 saturated carbocycles. The van der Waals surface area contributed by atoms with E-state index >= 15 is 0 Å². The average molecular weight is 242 g/mol. The highest BCUT2D eigenvalue weighted by Crippen LogP contribution is 2.22. The lowest BCUT2D eigenvalue weighted by molar-refractivity contribution is 0.713. The van der Waals surface area contributed by atoms with Crippen LogP contribution in [0, 0.1) is 6.92 Å². The van der Waals surface area contributed by atoms with Crippen molar-refractivity contribution < 1.29 is 0 Å². The minimum Gasteiger partial charge on any atom is -0.375 e. The highest BCUT2D eigenvalue weighted by Gasteiger charge is 2.02. The van der Waals surface area contributed by atoms with Gasteiger partial charge in [0.05, 0.1) is 0 Å². The Morgan fingerprint density at radius 1 is 1.06 bits per heavy atom. The fraction of sp³-hybridized carbons (Fsp3) is 0.375. The van der Waals surface area contributed by atoms with Gasteiger partial charge in [-0.1, -0.05) is 29.8 Å². The van der Waals surface area contributed by atoms with Crippen LogP contribution in [-0.2, 0) is 0 Å². The van der Waals surface area contributed by atoms with Crippen LogP contribution in [0.15, 0.2) is 36.4 Å². The van der Waals surface area contributed by atoms with Crippen molar-refractivity contribution in [3.8, 4) is 0 Å². The van der Waals surface area contributed by atoms with Crippen LogP contribution in [0.2, 0.25) is 0 Å². The predicted octanol–water partition coefficient (Wildman–Crippen LogP) is 3.19. The molecule has 2 aromatic carbocycles. The van der Waals surface area contributed by atoms with Crippen LogP contribution in [-0.4, -0.2) is 27.2 Å². The lowest BCUT2D eigenvalue weighted by Crippen LogP contribution is -2.22. The predicted molar refractivity (Wildman–Crippen MR) is 80.5 cm³/mol. The summed E-state index contributed by atoms with van der Waals surface area (Å²) in [7, 11) is 4.16. The minimum atomic E-state index is 1.07. The van der Waals surface area contributed by atoms with E-state index in [4.69, 9.17) is 0 Å². The maximum absolute atomic E-state index is 3.18. The first-order chi connectivity index (χ1) is 8.70. The monoisotopic (exact) mass is 242 g/mol. The molecule has 2 aromatic rings. The molecule has 0 unspecified atom stereocenters. The Hall–Kier alpha value is -1.54. The van der Waals surface area contributed by atoms with Crippen molar-refractivity contribution in [3.63, 3.8) is 0 Å². The summed E-state index contributed by atoms with van der Waals surface area (Å²) >= 11 is 0. The van der Waals surface area contributed by atoms with Gasteiger partial charge in [-0.3, -0.25) is 0 Å². The number of nitrogens with one attached hydrogen (secondary N) is 1. The van der Waals surface area contributed by atoms with Crippen molar-refractivity contribution in [3.05, 3.63) is 42.0 Å². The highest BCUT2D eigenvalue weighted by molar-refractivity contribution is 5.86. The van der Waals surface area contributed by atoms with Gasteiger partial charge in [0, 0.05) is 19.3 Å². The van der Waals surface area contributed by atoms with Crippen molar-refractivity contribution in [2.24, 2.45) is 0 Å². The molecular weight excluding hydrogens is 220 g/mol. The zero-order chi connectivity index (χ0) is 13.0. The zero-order valence-electron chi connectivity index (χ0n) is 11.5. The first-order valence-corrected chi connectivity index (χ1v) is 6.57. The van der Waals surface area contributed by atoms with Gasteiger partial charge in [-0.15, -0.1) is 0 Å². The molecule has 0 bridgehead atoms. The Balaban J connectivity index is 2.16. The highest BCUT2D eigenvalue weighted by atomic mass is 15.1. The summed E-state index contributed by atoms with van der Waals surface area (Å²) in [6, 6.07) is 13.3. The van der Waals surface area contributed by atoms with E-state index in [0.717, 1.165) is 13.1 Å². The van der Waals surface area contributed by atoms with E-state index in [0.29, 0.717) is 0 Å². The Kier molecular flexibility index (Phi) is 4.21. The maximum atomic E-state index is 3.18. The molecule has 2 heteroatoms. The second kappa shape index (κ2) is 5.87. The molecule has 2 rings (SSSR count). The standard InChI is InChI=1S/C16H22N2/c1-13-5-6-15-12-16(8-7-14(15)11-13)18(3)10-4-9-17-2/h5-8,11-12,17H,4,9-10H2,1-3H3. The van der Waals surface area contributed by atoms with Gasteiger partial charge in [-0.05, 0) is 49.8 Å². The van der Waals surface area contributed by atoms with Gasteiger partial charge in [-0.2, -0.15) is 0 Å². The lowest BCUT2D eigenvalue weighted by atomic mass is 10.1. The molecule has 0 saturated heterocycles. The molecule has 0 aliphatic carbocycles. The van der Waals surface area contributed by atoms with Crippen LogP contribution in [0.3, 0.4) is 0 Å². The normalized spacial score (nSPS) is 10.8. The van der Waals surface area contributed by atoms with Crippen molar-refractivity contribution in [1.82, 2.24) is 5.32 Å². The molecule has 0 atom stereocenters. The van der Waals surface area contributed by atoms with Gasteiger partial charge in [0.2, 0.25) is 0 Å². The van der Waals surface area contributed by atoms with E-state index in [9.17, 15) is 0 Å². The maximum Gasteiger partial charge on any atom is 0.0370 e. The largest absolute Gasteiger partial charge is 0.375 e. The summed E-state index contributed by atoms with van der Waals surface area (Å²) in [6.45, 7) is 4.28. The summed E-state index contributed by atoms with van der Waals surface area (Å²) in [5.41, 5.74) is 2.61. The molecule has 0 aliphatic rings. The molecular formula is C16H22N2. The topological polar surface area (TPSA) is 15.3 Å². The number of anilines is 1. The smallest absolute Gasteiger partial charge is 0.0370 e. The van der Waals surface area contributed by atoms with Crippen LogP contribution < -0.4 is 10.2 Å². The van der Waals surface area contributed by atoms with Gasteiger partial charge in [0.1, 0.15) is 0 Å². The minimum absolute atomic E-state index is 1.07. The fourth-order valence-electron chi connectivity index (χ4n) is 2.21. The van der Waals surface area contributed by atoms with Crippen LogP contribution >= 0.6 is 0 Å². The van der Waals surface area contributed by atoms with Crippen molar-refractivity contribution in [2.75, 3.05) is 32.1 Å². The summed E-state index contributed by atoms with van der Waals surface area (Å²) in [6.07, 6.45) is 1.17. The number of hydrogen-bond acceptors (Lipinski definition) is 2. The second-order valence-electron chi connectivity index (χ2n) is 4.91. The lowest BCUT2D eigenvalue weighted by Gasteiger charge is -2.19. The number of rotatable bonds is 5. The summed E-state index contributed by atoms with van der Waals surface area (Å²) in [5.74, 6) is 0. The first-order valence-electron chi connectivity index (χ1n) is 6.57. The number of aryl methyl sites for hydroxylation is 1. The number of hydrogen-bond donors (Lipinski definition) is 1. The molecule has 0 radical (unpaired) electrons. The molecule has 0 aromatic heterocycles. The Morgan fingerprint density at radius 3 is 2.56 bits per heavy atom. The van der Waals surface area contributed by atoms with Crippen LogP contribution in [0.4, 0.5) is 5.69 Å². The van der Waals surface area contributed by atoms with Crippen LogP contribution in [0.1, 0.15) is 12.0 Å². The Bertz CT molecular complexity index is 519. The molecule has 0 spiro atoms. The summed E-state index contributed by atoms with van der Waals surface area (Å²) < 4.78 is 0. The number of nitrogens with zero attached hydrogens (tertiary/aromatic N) is 1. The first kappa shape index (κ1) is 12.9. The Morgan fingerprint density at radius 2 is 1.78 bits per heavy atom. The molecule has 0 heterocycles. The van der Waals surface area contributed by atoms with E-state index in [1.165, 1.54) is 28.4 Å². The van der Waals surface area contributed by atoms with Crippen LogP contribution in [0.25, 0.3) is 10.8 Å². The van der Waals surface area contributed by atoms with E-state index in [1.54, 1.807) is 0 Å². The van der Waals surface area contributed by atoms with Gasteiger partial charge in [-0.25, -0.2) is 0 Å². The number of fused-ring (bicyclic) bond motifs is 1. The third-order valence-electron chi connectivity index (χ3n) is 3.34. The van der Waals surface area contributed by atoms with Gasteiger partial charge in [0.15, 0.2) is 0 Å². The fourth-order valence-corrected chi connectivity index (χ4v) is 2.21. The van der Waals surface area contributed by atoms with E-state index in [2.05, 4.69) is 60.6 Å². The third kappa shape index (κ3) is 3.02. The van der Waals surface area contributed by atoms with Gasteiger partial charge < -0.3 is 10.2 Å². The molecule has 96 valence electrons. The van der Waals surface area contributed by atoms with Gasteiger partial charge >= 0.3 is 0 Å². The van der Waals surface area contributed by atoms with Crippen molar-refractivity contribution in [1.29, 1.82) is 0 Å². The van der Waals surface area contributed by atoms with E-state index in [-0.39, 0.29) is 0 Å². The molecule has 2 nitrogen and oxygen atoms in total. The Labute approximate surface area is 110 Å². The molecule has 18 heavy (non-hydrogen) atoms. The average Bonchev–Trinajstić information content (AvgIpc) is 2.38. The molecule has 0 fully saturated rings. The van der Waals surface area contributed by atoms with Crippen molar-refractivity contribution >= 4 is 16.5 Å². The van der Waals surface area contributed by atoms with Gasteiger partial charge in [0.25, 0.3) is 0 Å². The second-order valence-corrected chi connectivity index (χ2v) is 4.91. The molecule has 1 N–H and O–H groups in total. The quantitative estimate of drug-likeness (QED) is 0.810. The van der Waals surface area contributed by atoms with Crippen molar-refractivity contribution in [2.45, 2.75) is 13.3 Å². The van der Waals surface area contributed by atoms with E-state index in [1.807, 2.05) is 7.05 Å². The molecule has 0 aliphatic heterocycles. The van der Waals surface area contributed by atoms with E-state index < -0.39 is 0 Å².